The highest BCUT2D eigenvalue weighted by molar-refractivity contribution is 6.34. The van der Waals surface area contributed by atoms with Gasteiger partial charge in [-0.05, 0) is 50.6 Å². The number of carbonyl (C=O) groups excluding carboxylic acids is 1. The second-order valence-electron chi connectivity index (χ2n) is 9.01. The van der Waals surface area contributed by atoms with Crippen LogP contribution in [0.1, 0.15) is 20.8 Å². The number of piperazine rings is 1. The number of anilines is 1. The molecule has 0 spiro atoms. The molecule has 0 bridgehead atoms. The molecule has 0 radical (unpaired) electrons. The van der Waals surface area contributed by atoms with E-state index in [-0.39, 0.29) is 6.61 Å². The molecule has 7 nitrogen and oxygen atoms in total. The predicted molar refractivity (Wildman–Crippen MR) is 131 cm³/mol. The van der Waals surface area contributed by atoms with Crippen LogP contribution in [0.2, 0.25) is 10.0 Å². The molecule has 4 rings (SSSR count). The van der Waals surface area contributed by atoms with E-state index < -0.39 is 17.7 Å². The lowest BCUT2D eigenvalue weighted by Gasteiger charge is -2.41. The number of hydrogen-bond acceptors (Lipinski definition) is 6. The van der Waals surface area contributed by atoms with Crippen LogP contribution in [0, 0.1) is 0 Å². The van der Waals surface area contributed by atoms with Crippen molar-refractivity contribution >= 4 is 46.0 Å². The molecule has 2 heterocycles. The van der Waals surface area contributed by atoms with Gasteiger partial charge in [0, 0.05) is 35.6 Å². The summed E-state index contributed by atoms with van der Waals surface area (Å²) in [5.74, 6) is 0.731. The van der Waals surface area contributed by atoms with Gasteiger partial charge in [-0.15, -0.1) is 0 Å². The average Bonchev–Trinajstić information content (AvgIpc) is 2.77. The molecular formula is C24H26Cl2N4O3. The molecule has 1 N–H and O–H groups in total. The van der Waals surface area contributed by atoms with Crippen molar-refractivity contribution in [2.45, 2.75) is 32.4 Å². The number of aliphatic hydroxyl groups is 1. The first-order valence-electron chi connectivity index (χ1n) is 10.7. The van der Waals surface area contributed by atoms with Crippen molar-refractivity contribution in [2.75, 3.05) is 31.1 Å². The molecule has 9 heteroatoms. The highest BCUT2D eigenvalue weighted by Crippen LogP contribution is 2.35. The topological polar surface area (TPSA) is 78.8 Å². The summed E-state index contributed by atoms with van der Waals surface area (Å²) in [6.45, 7) is 6.66. The first-order chi connectivity index (χ1) is 15.7. The molecule has 1 aromatic heterocycles. The molecule has 1 amide bonds. The molecule has 0 unspecified atom stereocenters. The van der Waals surface area contributed by atoms with Crippen LogP contribution in [0.5, 0.6) is 0 Å². The SMILES string of the molecule is CC(C)(C)OC(=O)N1CCN(c2ncnc3cc(Cl)c(-c4ccc(Cl)cc4)cc23)C[C@H]1CO. The number of amides is 1. The molecule has 174 valence electrons. The minimum absolute atomic E-state index is 0.180. The number of rotatable bonds is 3. The molecule has 1 fully saturated rings. The maximum atomic E-state index is 12.6. The van der Waals surface area contributed by atoms with Gasteiger partial charge in [0.05, 0.1) is 23.2 Å². The summed E-state index contributed by atoms with van der Waals surface area (Å²) >= 11 is 12.6. The third-order valence-corrected chi connectivity index (χ3v) is 6.04. The summed E-state index contributed by atoms with van der Waals surface area (Å²) in [6.07, 6.45) is 1.08. The molecule has 3 aromatic rings. The number of benzene rings is 2. The number of halogens is 2. The van der Waals surface area contributed by atoms with Gasteiger partial charge in [0.2, 0.25) is 0 Å². The number of fused-ring (bicyclic) bond motifs is 1. The van der Waals surface area contributed by atoms with Crippen molar-refractivity contribution in [3.05, 3.63) is 52.8 Å². The fourth-order valence-electron chi connectivity index (χ4n) is 3.93. The number of aliphatic hydroxyl groups excluding tert-OH is 1. The van der Waals surface area contributed by atoms with Crippen LogP contribution >= 0.6 is 23.2 Å². The zero-order valence-corrected chi connectivity index (χ0v) is 20.3. The van der Waals surface area contributed by atoms with E-state index in [1.807, 2.05) is 57.2 Å². The largest absolute Gasteiger partial charge is 0.444 e. The van der Waals surface area contributed by atoms with Gasteiger partial charge in [-0.2, -0.15) is 0 Å². The van der Waals surface area contributed by atoms with Gasteiger partial charge in [0.25, 0.3) is 0 Å². The molecule has 0 saturated carbocycles. The number of ether oxygens (including phenoxy) is 1. The van der Waals surface area contributed by atoms with E-state index >= 15 is 0 Å². The Kier molecular flexibility index (Phi) is 6.66. The van der Waals surface area contributed by atoms with Crippen molar-refractivity contribution in [3.63, 3.8) is 0 Å². The van der Waals surface area contributed by atoms with Crippen molar-refractivity contribution in [1.29, 1.82) is 0 Å². The van der Waals surface area contributed by atoms with Gasteiger partial charge in [0.15, 0.2) is 0 Å². The van der Waals surface area contributed by atoms with Gasteiger partial charge in [-0.3, -0.25) is 4.90 Å². The van der Waals surface area contributed by atoms with E-state index in [1.165, 1.54) is 6.33 Å². The predicted octanol–water partition coefficient (Wildman–Crippen LogP) is 5.02. The Balaban J connectivity index is 1.66. The summed E-state index contributed by atoms with van der Waals surface area (Å²) in [4.78, 5) is 25.2. The number of nitrogens with zero attached hydrogens (tertiary/aromatic N) is 4. The van der Waals surface area contributed by atoms with Crippen LogP contribution in [-0.2, 0) is 4.74 Å². The summed E-state index contributed by atoms with van der Waals surface area (Å²) in [6, 6.07) is 10.9. The quantitative estimate of drug-likeness (QED) is 0.557. The fourth-order valence-corrected chi connectivity index (χ4v) is 4.32. The minimum atomic E-state index is -0.603. The Labute approximate surface area is 202 Å². The van der Waals surface area contributed by atoms with Crippen LogP contribution in [0.4, 0.5) is 10.6 Å². The normalized spacial score (nSPS) is 16.8. The maximum absolute atomic E-state index is 12.6. The molecule has 1 atom stereocenters. The highest BCUT2D eigenvalue weighted by atomic mass is 35.5. The zero-order valence-electron chi connectivity index (χ0n) is 18.8. The van der Waals surface area contributed by atoms with Crippen LogP contribution in [0.3, 0.4) is 0 Å². The molecule has 0 aliphatic carbocycles. The van der Waals surface area contributed by atoms with E-state index in [1.54, 1.807) is 4.90 Å². The first-order valence-corrected chi connectivity index (χ1v) is 11.5. The first kappa shape index (κ1) is 23.5. The molecule has 33 heavy (non-hydrogen) atoms. The summed E-state index contributed by atoms with van der Waals surface area (Å²) in [5.41, 5.74) is 1.90. The minimum Gasteiger partial charge on any atom is -0.444 e. The van der Waals surface area contributed by atoms with Gasteiger partial charge in [-0.1, -0.05) is 35.3 Å². The fraction of sp³-hybridized carbons (Fsp3) is 0.375. The monoisotopic (exact) mass is 488 g/mol. The Morgan fingerprint density at radius 1 is 1.15 bits per heavy atom. The Morgan fingerprint density at radius 3 is 2.55 bits per heavy atom. The average molecular weight is 489 g/mol. The van der Waals surface area contributed by atoms with Crippen molar-refractivity contribution in [3.8, 4) is 11.1 Å². The summed E-state index contributed by atoms with van der Waals surface area (Å²) in [7, 11) is 0. The standard InChI is InChI=1S/C24H26Cl2N4O3/c1-24(2,3)33-23(32)30-9-8-29(12-17(30)13-31)22-19-10-18(15-4-6-16(25)7-5-15)20(26)11-21(19)27-14-28-22/h4-7,10-11,14,17,31H,8-9,12-13H2,1-3H3/t17-/m0/s1. The second kappa shape index (κ2) is 9.33. The summed E-state index contributed by atoms with van der Waals surface area (Å²) in [5, 5.41) is 12.1. The zero-order chi connectivity index (χ0) is 23.8. The lowest BCUT2D eigenvalue weighted by atomic mass is 10.0. The van der Waals surface area contributed by atoms with E-state index in [0.29, 0.717) is 29.7 Å². The van der Waals surface area contributed by atoms with Gasteiger partial charge < -0.3 is 14.7 Å². The lowest BCUT2D eigenvalue weighted by molar-refractivity contribution is 0.00701. The van der Waals surface area contributed by atoms with E-state index in [2.05, 4.69) is 14.9 Å². The number of carbonyl (C=O) groups is 1. The Hall–Kier alpha value is -2.61. The molecular weight excluding hydrogens is 463 g/mol. The van der Waals surface area contributed by atoms with Gasteiger partial charge >= 0.3 is 6.09 Å². The van der Waals surface area contributed by atoms with E-state index in [9.17, 15) is 9.90 Å². The third kappa shape index (κ3) is 5.16. The van der Waals surface area contributed by atoms with Gasteiger partial charge in [-0.25, -0.2) is 14.8 Å². The van der Waals surface area contributed by atoms with Crippen LogP contribution in [0.25, 0.3) is 22.0 Å². The summed E-state index contributed by atoms with van der Waals surface area (Å²) < 4.78 is 5.51. The van der Waals surface area contributed by atoms with E-state index in [0.717, 1.165) is 27.8 Å². The smallest absolute Gasteiger partial charge is 0.410 e. The molecule has 1 aliphatic rings. The van der Waals surface area contributed by atoms with E-state index in [4.69, 9.17) is 27.9 Å². The van der Waals surface area contributed by atoms with Crippen LogP contribution in [0.15, 0.2) is 42.7 Å². The number of aromatic nitrogens is 2. The lowest BCUT2D eigenvalue weighted by Crippen LogP contribution is -2.57. The van der Waals surface area contributed by atoms with Crippen LogP contribution in [-0.4, -0.2) is 64.0 Å². The number of hydrogen-bond donors (Lipinski definition) is 1. The highest BCUT2D eigenvalue weighted by Gasteiger charge is 2.34. The van der Waals surface area contributed by atoms with Gasteiger partial charge in [0.1, 0.15) is 17.7 Å². The maximum Gasteiger partial charge on any atom is 0.410 e. The van der Waals surface area contributed by atoms with Crippen LogP contribution < -0.4 is 4.90 Å². The molecule has 1 saturated heterocycles. The van der Waals surface area contributed by atoms with Crippen molar-refractivity contribution < 1.29 is 14.6 Å². The molecule has 2 aromatic carbocycles. The Bertz CT molecular complexity index is 1160. The molecule has 1 aliphatic heterocycles. The van der Waals surface area contributed by atoms with Crippen molar-refractivity contribution in [2.24, 2.45) is 0 Å². The third-order valence-electron chi connectivity index (χ3n) is 5.48. The van der Waals surface area contributed by atoms with Crippen molar-refractivity contribution in [1.82, 2.24) is 14.9 Å². The Morgan fingerprint density at radius 2 is 1.88 bits per heavy atom. The second-order valence-corrected chi connectivity index (χ2v) is 9.85.